The summed E-state index contributed by atoms with van der Waals surface area (Å²) in [7, 11) is -2.22. The standard InChI is InChI=1S/C34H47N3O5S/c1-6-23(2)35-33(39)24(3)36(21-25-8-7-9-31(17-25)42-4)32(38)22-37(43(5,40)41)30-12-10-29(11-13-30)34-18-26-14-27(19-34)16-28(15-26)20-34/h7-13,17,23-24,26-28H,6,14-16,18-22H2,1-5H3,(H,35,39)/t23-,24-,26?,27?,28?,34?/m0/s1. The van der Waals surface area contributed by atoms with Gasteiger partial charge in [0.05, 0.1) is 19.1 Å². The van der Waals surface area contributed by atoms with Crippen molar-refractivity contribution in [1.82, 2.24) is 10.2 Å². The van der Waals surface area contributed by atoms with Gasteiger partial charge in [0, 0.05) is 12.6 Å². The number of rotatable bonds is 12. The Hall–Kier alpha value is -3.07. The van der Waals surface area contributed by atoms with Gasteiger partial charge in [-0.3, -0.25) is 13.9 Å². The Morgan fingerprint density at radius 2 is 1.60 bits per heavy atom. The SMILES string of the molecule is CC[C@H](C)NC(=O)[C@H](C)N(Cc1cccc(OC)c1)C(=O)CN(c1ccc(C23CC4CC(CC(C4)C2)C3)cc1)S(C)(=O)=O. The number of nitrogens with zero attached hydrogens (tertiary/aromatic N) is 2. The van der Waals surface area contributed by atoms with Crippen molar-refractivity contribution in [3.8, 4) is 5.75 Å². The Morgan fingerprint density at radius 1 is 1.00 bits per heavy atom. The average molecular weight is 610 g/mol. The van der Waals surface area contributed by atoms with E-state index in [-0.39, 0.29) is 23.9 Å². The highest BCUT2D eigenvalue weighted by Gasteiger charge is 2.51. The van der Waals surface area contributed by atoms with E-state index in [0.717, 1.165) is 40.3 Å². The molecule has 0 radical (unpaired) electrons. The van der Waals surface area contributed by atoms with Crippen molar-refractivity contribution >= 4 is 27.5 Å². The number of carbonyl (C=O) groups excluding carboxylic acids is 2. The normalized spacial score (nSPS) is 25.6. The molecule has 0 aliphatic heterocycles. The second-order valence-electron chi connectivity index (χ2n) is 13.4. The molecule has 1 N–H and O–H groups in total. The maximum atomic E-state index is 13.9. The molecule has 2 amide bonds. The minimum absolute atomic E-state index is 0.0521. The predicted molar refractivity (Wildman–Crippen MR) is 169 cm³/mol. The fourth-order valence-corrected chi connectivity index (χ4v) is 8.92. The minimum atomic E-state index is -3.79. The number of anilines is 1. The lowest BCUT2D eigenvalue weighted by molar-refractivity contribution is -0.139. The molecule has 4 bridgehead atoms. The first-order valence-electron chi connectivity index (χ1n) is 15.7. The van der Waals surface area contributed by atoms with Crippen molar-refractivity contribution < 1.29 is 22.7 Å². The van der Waals surface area contributed by atoms with Crippen LogP contribution in [0.3, 0.4) is 0 Å². The Kier molecular flexibility index (Phi) is 9.12. The van der Waals surface area contributed by atoms with Gasteiger partial charge >= 0.3 is 0 Å². The van der Waals surface area contributed by atoms with Gasteiger partial charge in [-0.25, -0.2) is 8.42 Å². The van der Waals surface area contributed by atoms with Gasteiger partial charge in [-0.05, 0) is 117 Å². The number of sulfonamides is 1. The number of amides is 2. The Balaban J connectivity index is 1.39. The van der Waals surface area contributed by atoms with Crippen molar-refractivity contribution in [3.63, 3.8) is 0 Å². The predicted octanol–water partition coefficient (Wildman–Crippen LogP) is 5.26. The second kappa shape index (κ2) is 12.5. The van der Waals surface area contributed by atoms with Crippen LogP contribution in [-0.4, -0.2) is 57.1 Å². The van der Waals surface area contributed by atoms with E-state index in [1.165, 1.54) is 49.0 Å². The van der Waals surface area contributed by atoms with E-state index in [4.69, 9.17) is 4.74 Å². The van der Waals surface area contributed by atoms with E-state index in [9.17, 15) is 18.0 Å². The summed E-state index contributed by atoms with van der Waals surface area (Å²) in [6.07, 6.45) is 9.64. The first-order chi connectivity index (χ1) is 20.4. The molecule has 0 spiro atoms. The molecule has 234 valence electrons. The number of ether oxygens (including phenoxy) is 1. The number of methoxy groups -OCH3 is 1. The molecule has 0 saturated heterocycles. The number of benzene rings is 2. The van der Waals surface area contributed by atoms with E-state index in [1.54, 1.807) is 14.0 Å². The molecule has 9 heteroatoms. The highest BCUT2D eigenvalue weighted by atomic mass is 32.2. The molecule has 4 saturated carbocycles. The lowest BCUT2D eigenvalue weighted by Crippen LogP contribution is -2.52. The monoisotopic (exact) mass is 609 g/mol. The third-order valence-electron chi connectivity index (χ3n) is 10.1. The van der Waals surface area contributed by atoms with Gasteiger partial charge in [-0.15, -0.1) is 0 Å². The zero-order valence-electron chi connectivity index (χ0n) is 26.2. The molecule has 43 heavy (non-hydrogen) atoms. The fraction of sp³-hybridized carbons (Fsp3) is 0.588. The van der Waals surface area contributed by atoms with Gasteiger partial charge in [-0.1, -0.05) is 31.2 Å². The maximum Gasteiger partial charge on any atom is 0.244 e. The Bertz CT molecular complexity index is 1390. The molecular weight excluding hydrogens is 562 g/mol. The summed E-state index contributed by atoms with van der Waals surface area (Å²) in [5.41, 5.74) is 2.74. The molecule has 2 aromatic rings. The van der Waals surface area contributed by atoms with Gasteiger partial charge in [-0.2, -0.15) is 0 Å². The molecular formula is C34H47N3O5S. The van der Waals surface area contributed by atoms with Crippen LogP contribution in [0.2, 0.25) is 0 Å². The molecule has 8 nitrogen and oxygen atoms in total. The highest BCUT2D eigenvalue weighted by molar-refractivity contribution is 7.92. The molecule has 0 unspecified atom stereocenters. The van der Waals surface area contributed by atoms with E-state index in [1.807, 2.05) is 50.2 Å². The molecule has 0 aromatic heterocycles. The van der Waals surface area contributed by atoms with Crippen LogP contribution in [0.15, 0.2) is 48.5 Å². The second-order valence-corrected chi connectivity index (χ2v) is 15.3. The van der Waals surface area contributed by atoms with Crippen LogP contribution in [0.1, 0.15) is 76.8 Å². The minimum Gasteiger partial charge on any atom is -0.497 e. The van der Waals surface area contributed by atoms with E-state index < -0.39 is 28.5 Å². The lowest BCUT2D eigenvalue weighted by atomic mass is 9.48. The maximum absolute atomic E-state index is 13.9. The molecule has 2 aromatic carbocycles. The molecule has 4 fully saturated rings. The van der Waals surface area contributed by atoms with Crippen LogP contribution in [0.4, 0.5) is 5.69 Å². The largest absolute Gasteiger partial charge is 0.497 e. The topological polar surface area (TPSA) is 96.0 Å². The van der Waals surface area contributed by atoms with Crippen molar-refractivity contribution in [3.05, 3.63) is 59.7 Å². The van der Waals surface area contributed by atoms with Crippen molar-refractivity contribution in [2.75, 3.05) is 24.2 Å². The number of hydrogen-bond donors (Lipinski definition) is 1. The summed E-state index contributed by atoms with van der Waals surface area (Å²) < 4.78 is 32.7. The van der Waals surface area contributed by atoms with Crippen molar-refractivity contribution in [2.24, 2.45) is 17.8 Å². The summed E-state index contributed by atoms with van der Waals surface area (Å²) in [6.45, 7) is 5.31. The van der Waals surface area contributed by atoms with Gasteiger partial charge in [0.15, 0.2) is 0 Å². The van der Waals surface area contributed by atoms with Crippen LogP contribution in [-0.2, 0) is 31.6 Å². The lowest BCUT2D eigenvalue weighted by Gasteiger charge is -2.57. The summed E-state index contributed by atoms with van der Waals surface area (Å²) in [5, 5.41) is 2.96. The number of nitrogens with one attached hydrogen (secondary N) is 1. The molecule has 2 atom stereocenters. The fourth-order valence-electron chi connectivity index (χ4n) is 8.07. The first-order valence-corrected chi connectivity index (χ1v) is 17.6. The smallest absolute Gasteiger partial charge is 0.244 e. The highest BCUT2D eigenvalue weighted by Crippen LogP contribution is 2.60. The van der Waals surface area contributed by atoms with Crippen molar-refractivity contribution in [1.29, 1.82) is 0 Å². The quantitative estimate of drug-likeness (QED) is 0.354. The van der Waals surface area contributed by atoms with Crippen molar-refractivity contribution in [2.45, 2.75) is 89.8 Å². The molecule has 6 rings (SSSR count). The zero-order chi connectivity index (χ0) is 30.9. The number of hydrogen-bond acceptors (Lipinski definition) is 5. The van der Waals surface area contributed by atoms with E-state index >= 15 is 0 Å². The van der Waals surface area contributed by atoms with Crippen LogP contribution in [0, 0.1) is 17.8 Å². The summed E-state index contributed by atoms with van der Waals surface area (Å²) in [6, 6.07) is 14.3. The van der Waals surface area contributed by atoms with Crippen LogP contribution >= 0.6 is 0 Å². The summed E-state index contributed by atoms with van der Waals surface area (Å²) in [5.74, 6) is 2.34. The van der Waals surface area contributed by atoms with Gasteiger partial charge in [0.25, 0.3) is 0 Å². The van der Waals surface area contributed by atoms with E-state index in [0.29, 0.717) is 11.4 Å². The summed E-state index contributed by atoms with van der Waals surface area (Å²) >= 11 is 0. The van der Waals surface area contributed by atoms with Gasteiger partial charge in [0.1, 0.15) is 18.3 Å². The molecule has 0 heterocycles. The van der Waals surface area contributed by atoms with Gasteiger partial charge in [0.2, 0.25) is 21.8 Å². The number of carbonyl (C=O) groups is 2. The third kappa shape index (κ3) is 6.87. The van der Waals surface area contributed by atoms with Crippen LogP contribution in [0.5, 0.6) is 5.75 Å². The zero-order valence-corrected chi connectivity index (χ0v) is 27.0. The van der Waals surface area contributed by atoms with Crippen LogP contribution in [0.25, 0.3) is 0 Å². The molecule has 4 aliphatic carbocycles. The summed E-state index contributed by atoms with van der Waals surface area (Å²) in [4.78, 5) is 28.6. The van der Waals surface area contributed by atoms with Gasteiger partial charge < -0.3 is 15.0 Å². The Morgan fingerprint density at radius 3 is 2.14 bits per heavy atom. The Labute approximate surface area is 257 Å². The van der Waals surface area contributed by atoms with Crippen LogP contribution < -0.4 is 14.4 Å². The first kappa shape index (κ1) is 31.4. The average Bonchev–Trinajstić information content (AvgIpc) is 2.97. The molecule has 4 aliphatic rings. The third-order valence-corrected chi connectivity index (χ3v) is 11.3. The van der Waals surface area contributed by atoms with E-state index in [2.05, 4.69) is 17.4 Å².